The zero-order chi connectivity index (χ0) is 14.9. The molecule has 0 radical (unpaired) electrons. The molecule has 1 fully saturated rings. The fourth-order valence-corrected chi connectivity index (χ4v) is 3.97. The van der Waals surface area contributed by atoms with Crippen molar-refractivity contribution in [2.45, 2.75) is 51.6 Å². The molecule has 3 rings (SSSR count). The van der Waals surface area contributed by atoms with Crippen molar-refractivity contribution in [3.8, 4) is 0 Å². The van der Waals surface area contributed by atoms with Gasteiger partial charge in [0.25, 0.3) is 0 Å². The smallest absolute Gasteiger partial charge is 0.0899 e. The van der Waals surface area contributed by atoms with E-state index >= 15 is 0 Å². The van der Waals surface area contributed by atoms with Crippen LogP contribution in [0.4, 0.5) is 0 Å². The van der Waals surface area contributed by atoms with Gasteiger partial charge in [-0.05, 0) is 59.9 Å². The Morgan fingerprint density at radius 2 is 1.90 bits per heavy atom. The first-order valence-corrected chi connectivity index (χ1v) is 8.28. The second kappa shape index (κ2) is 5.81. The second-order valence-electron chi connectivity index (χ2n) is 7.19. The van der Waals surface area contributed by atoms with Crippen LogP contribution in [0.2, 0.25) is 0 Å². The zero-order valence-electron chi connectivity index (χ0n) is 13.2. The van der Waals surface area contributed by atoms with E-state index in [0.29, 0.717) is 11.8 Å². The largest absolute Gasteiger partial charge is 0.385 e. The molecule has 1 aliphatic carbocycles. The Balaban J connectivity index is 1.88. The summed E-state index contributed by atoms with van der Waals surface area (Å²) < 4.78 is 0. The van der Waals surface area contributed by atoms with Crippen LogP contribution in [0.3, 0.4) is 0 Å². The maximum atomic E-state index is 11.2. The van der Waals surface area contributed by atoms with Gasteiger partial charge in [-0.2, -0.15) is 0 Å². The summed E-state index contributed by atoms with van der Waals surface area (Å²) in [6.45, 7) is 4.56. The predicted molar refractivity (Wildman–Crippen MR) is 89.3 cm³/mol. The minimum Gasteiger partial charge on any atom is -0.385 e. The van der Waals surface area contributed by atoms with Crippen molar-refractivity contribution in [3.05, 3.63) is 48.0 Å². The van der Waals surface area contributed by atoms with Crippen LogP contribution in [-0.2, 0) is 5.60 Å². The van der Waals surface area contributed by atoms with Crippen molar-refractivity contribution in [2.75, 3.05) is 0 Å². The number of hydrogen-bond acceptors (Lipinski definition) is 1. The summed E-state index contributed by atoms with van der Waals surface area (Å²) in [4.78, 5) is 0. The summed E-state index contributed by atoms with van der Waals surface area (Å²) in [6.07, 6.45) is 5.47. The maximum Gasteiger partial charge on any atom is 0.0899 e. The lowest BCUT2D eigenvalue weighted by Gasteiger charge is -2.38. The quantitative estimate of drug-likeness (QED) is 0.813. The third-order valence-corrected chi connectivity index (χ3v) is 4.92. The van der Waals surface area contributed by atoms with Gasteiger partial charge in [0.2, 0.25) is 0 Å². The molecule has 0 heterocycles. The van der Waals surface area contributed by atoms with E-state index in [9.17, 15) is 5.11 Å². The van der Waals surface area contributed by atoms with Gasteiger partial charge in [-0.3, -0.25) is 0 Å². The summed E-state index contributed by atoms with van der Waals surface area (Å²) in [7, 11) is 0. The molecule has 0 aromatic heterocycles. The van der Waals surface area contributed by atoms with Gasteiger partial charge >= 0.3 is 0 Å². The molecule has 0 bridgehead atoms. The molecule has 1 N–H and O–H groups in total. The number of rotatable bonds is 3. The molecule has 1 saturated carbocycles. The third kappa shape index (κ3) is 3.13. The highest BCUT2D eigenvalue weighted by molar-refractivity contribution is 5.83. The average Bonchev–Trinajstić information content (AvgIpc) is 2.46. The van der Waals surface area contributed by atoms with E-state index in [1.54, 1.807) is 0 Å². The molecule has 0 aliphatic heterocycles. The van der Waals surface area contributed by atoms with Crippen LogP contribution in [0.15, 0.2) is 42.5 Å². The minimum atomic E-state index is -0.623. The van der Waals surface area contributed by atoms with Gasteiger partial charge in [0.05, 0.1) is 5.60 Å². The number of benzene rings is 2. The van der Waals surface area contributed by atoms with E-state index in [4.69, 9.17) is 0 Å². The van der Waals surface area contributed by atoms with Gasteiger partial charge < -0.3 is 5.11 Å². The molecule has 0 spiro atoms. The third-order valence-electron chi connectivity index (χ3n) is 4.92. The summed E-state index contributed by atoms with van der Waals surface area (Å²) in [5, 5.41) is 13.7. The van der Waals surface area contributed by atoms with Gasteiger partial charge in [-0.1, -0.05) is 56.7 Å². The molecule has 112 valence electrons. The van der Waals surface area contributed by atoms with Crippen molar-refractivity contribution < 1.29 is 5.11 Å². The van der Waals surface area contributed by atoms with E-state index in [1.165, 1.54) is 23.6 Å². The molecule has 0 amide bonds. The van der Waals surface area contributed by atoms with Crippen LogP contribution in [0.5, 0.6) is 0 Å². The number of fused-ring (bicyclic) bond motifs is 1. The molecular formula is C20H26O. The fourth-order valence-electron chi connectivity index (χ4n) is 3.97. The van der Waals surface area contributed by atoms with Crippen molar-refractivity contribution in [1.29, 1.82) is 0 Å². The Morgan fingerprint density at radius 3 is 2.67 bits per heavy atom. The van der Waals surface area contributed by atoms with Crippen molar-refractivity contribution >= 4 is 10.8 Å². The highest BCUT2D eigenvalue weighted by atomic mass is 16.3. The Morgan fingerprint density at radius 1 is 1.14 bits per heavy atom. The normalized spacial score (nSPS) is 26.4. The molecule has 1 heteroatoms. The Kier molecular flexibility index (Phi) is 4.03. The van der Waals surface area contributed by atoms with Crippen molar-refractivity contribution in [3.63, 3.8) is 0 Å². The van der Waals surface area contributed by atoms with Crippen LogP contribution in [0.25, 0.3) is 10.8 Å². The Hall–Kier alpha value is -1.34. The van der Waals surface area contributed by atoms with Crippen LogP contribution < -0.4 is 0 Å². The number of hydrogen-bond donors (Lipinski definition) is 1. The van der Waals surface area contributed by atoms with Crippen LogP contribution in [0, 0.1) is 11.8 Å². The summed E-state index contributed by atoms with van der Waals surface area (Å²) >= 11 is 0. The molecule has 0 saturated heterocycles. The molecule has 2 unspecified atom stereocenters. The van der Waals surface area contributed by atoms with E-state index in [2.05, 4.69) is 56.3 Å². The average molecular weight is 282 g/mol. The Labute approximate surface area is 128 Å². The predicted octanol–water partition coefficient (Wildman–Crippen LogP) is 5.26. The van der Waals surface area contributed by atoms with Crippen molar-refractivity contribution in [1.82, 2.24) is 0 Å². The SMILES string of the molecule is CC(C)CC1CCCC(O)(c2ccc3ccccc3c2)C1. The minimum absolute atomic E-state index is 0.623. The van der Waals surface area contributed by atoms with Gasteiger partial charge in [0, 0.05) is 0 Å². The monoisotopic (exact) mass is 282 g/mol. The lowest BCUT2D eigenvalue weighted by molar-refractivity contribution is -0.0243. The van der Waals surface area contributed by atoms with Crippen LogP contribution >= 0.6 is 0 Å². The molecule has 2 atom stereocenters. The summed E-state index contributed by atoms with van der Waals surface area (Å²) in [5.74, 6) is 1.38. The van der Waals surface area contributed by atoms with Gasteiger partial charge in [0.15, 0.2) is 0 Å². The zero-order valence-corrected chi connectivity index (χ0v) is 13.2. The van der Waals surface area contributed by atoms with Gasteiger partial charge in [-0.25, -0.2) is 0 Å². The van der Waals surface area contributed by atoms with E-state index in [1.807, 2.05) is 0 Å². The van der Waals surface area contributed by atoms with Crippen molar-refractivity contribution in [2.24, 2.45) is 11.8 Å². The van der Waals surface area contributed by atoms with Gasteiger partial charge in [-0.15, -0.1) is 0 Å². The van der Waals surface area contributed by atoms with E-state index in [-0.39, 0.29) is 0 Å². The fraction of sp³-hybridized carbons (Fsp3) is 0.500. The highest BCUT2D eigenvalue weighted by Gasteiger charge is 2.35. The molecule has 1 nitrogen and oxygen atoms in total. The molecular weight excluding hydrogens is 256 g/mol. The standard InChI is InChI=1S/C20H26O/c1-15(2)12-16-6-5-11-20(21,14-16)19-10-9-17-7-3-4-8-18(17)13-19/h3-4,7-10,13,15-16,21H,5-6,11-12,14H2,1-2H3. The first kappa shape index (κ1) is 14.6. The molecule has 2 aromatic carbocycles. The Bertz CT molecular complexity index is 616. The van der Waals surface area contributed by atoms with Crippen LogP contribution in [-0.4, -0.2) is 5.11 Å². The first-order valence-electron chi connectivity index (χ1n) is 8.28. The molecule has 2 aromatic rings. The second-order valence-corrected chi connectivity index (χ2v) is 7.19. The summed E-state index contributed by atoms with van der Waals surface area (Å²) in [6, 6.07) is 14.9. The maximum absolute atomic E-state index is 11.2. The molecule has 1 aliphatic rings. The first-order chi connectivity index (χ1) is 10.1. The van der Waals surface area contributed by atoms with Crippen LogP contribution in [0.1, 0.15) is 51.5 Å². The van der Waals surface area contributed by atoms with Gasteiger partial charge in [0.1, 0.15) is 0 Å². The molecule has 21 heavy (non-hydrogen) atoms. The number of aliphatic hydroxyl groups is 1. The highest BCUT2D eigenvalue weighted by Crippen LogP contribution is 2.42. The van der Waals surface area contributed by atoms with E-state index < -0.39 is 5.60 Å². The lowest BCUT2D eigenvalue weighted by atomic mass is 9.72. The summed E-state index contributed by atoms with van der Waals surface area (Å²) in [5.41, 5.74) is 0.483. The van der Waals surface area contributed by atoms with E-state index in [0.717, 1.165) is 24.8 Å². The lowest BCUT2D eigenvalue weighted by Crippen LogP contribution is -2.33. The topological polar surface area (TPSA) is 20.2 Å².